The van der Waals surface area contributed by atoms with Crippen molar-refractivity contribution >= 4 is 23.8 Å². The predicted octanol–water partition coefficient (Wildman–Crippen LogP) is 11.9. The Kier molecular flexibility index (Phi) is 38.5. The van der Waals surface area contributed by atoms with Crippen molar-refractivity contribution in [2.75, 3.05) is 13.1 Å². The summed E-state index contributed by atoms with van der Waals surface area (Å²) in [6.07, 6.45) is 41.4. The molecule has 0 fully saturated rings. The monoisotopic (exact) mass is 780 g/mol. The molecule has 0 aromatic rings. The molecule has 0 aliphatic rings. The van der Waals surface area contributed by atoms with Crippen molar-refractivity contribution in [3.05, 3.63) is 0 Å². The summed E-state index contributed by atoms with van der Waals surface area (Å²) in [4.78, 5) is 50.2. The molecule has 0 heterocycles. The van der Waals surface area contributed by atoms with Crippen LogP contribution in [0.15, 0.2) is 0 Å². The Bertz CT molecular complexity index is 880. The fourth-order valence-corrected chi connectivity index (χ4v) is 7.43. The van der Waals surface area contributed by atoms with E-state index in [2.05, 4.69) is 19.2 Å². The number of hydrogen-bond donors (Lipinski definition) is 4. The second-order valence-electron chi connectivity index (χ2n) is 16.5. The van der Waals surface area contributed by atoms with Crippen LogP contribution in [0.5, 0.6) is 0 Å². The normalized spacial score (nSPS) is 12.4. The average Bonchev–Trinajstić information content (AvgIpc) is 3.16. The fraction of sp³-hybridized carbons (Fsp3) is 0.913. The van der Waals surface area contributed by atoms with Crippen LogP contribution in [0.25, 0.3) is 0 Å². The van der Waals surface area contributed by atoms with Crippen LogP contribution in [0.2, 0.25) is 0 Å². The molecule has 2 atom stereocenters. The minimum atomic E-state index is -1.33. The van der Waals surface area contributed by atoms with Gasteiger partial charge in [0.15, 0.2) is 0 Å². The van der Waals surface area contributed by atoms with Gasteiger partial charge in [-0.3, -0.25) is 14.4 Å². The van der Waals surface area contributed by atoms with Crippen molar-refractivity contribution in [3.63, 3.8) is 0 Å². The van der Waals surface area contributed by atoms with Crippen molar-refractivity contribution in [1.82, 2.24) is 10.2 Å². The highest BCUT2D eigenvalue weighted by Gasteiger charge is 2.25. The number of unbranched alkanes of at least 4 members (excludes halogenated alkanes) is 30. The predicted molar refractivity (Wildman–Crippen MR) is 229 cm³/mol. The fourth-order valence-electron chi connectivity index (χ4n) is 7.43. The van der Waals surface area contributed by atoms with Gasteiger partial charge >= 0.3 is 11.9 Å². The first kappa shape index (κ1) is 52.8. The van der Waals surface area contributed by atoms with Gasteiger partial charge in [-0.1, -0.05) is 206 Å². The Morgan fingerprint density at radius 3 is 1.07 bits per heavy atom. The van der Waals surface area contributed by atoms with E-state index in [1.54, 1.807) is 0 Å². The van der Waals surface area contributed by atoms with Gasteiger partial charge in [0.25, 0.3) is 0 Å². The van der Waals surface area contributed by atoms with E-state index in [1.165, 1.54) is 180 Å². The highest BCUT2D eigenvalue weighted by atomic mass is 16.4. The summed E-state index contributed by atoms with van der Waals surface area (Å²) in [6.45, 7) is 5.97. The standard InChI is InChI=1S/C46H89N3O6/c1-3-5-7-9-11-13-15-17-19-21-23-25-27-29-31-33-39-49(40-34-32-30-28-26-24-22-20-18-16-14-12-10-8-6-4-2)43(50)37-35-41(47)45(53)48-42(46(54)55)36-38-44(51)52/h41-42H,3-40,47H2,1-2H3,(H,48,53)(H,51,52)(H,54,55)/t41-,42-/m0/s1. The van der Waals surface area contributed by atoms with Gasteiger partial charge in [0.1, 0.15) is 6.04 Å². The van der Waals surface area contributed by atoms with Crippen LogP contribution in [-0.2, 0) is 19.2 Å². The van der Waals surface area contributed by atoms with Crippen LogP contribution >= 0.6 is 0 Å². The van der Waals surface area contributed by atoms with Crippen molar-refractivity contribution < 1.29 is 29.4 Å². The van der Waals surface area contributed by atoms with Gasteiger partial charge in [-0.15, -0.1) is 0 Å². The summed E-state index contributed by atoms with van der Waals surface area (Å²) in [6, 6.07) is -2.37. The second-order valence-corrected chi connectivity index (χ2v) is 16.5. The maximum Gasteiger partial charge on any atom is 0.326 e. The Morgan fingerprint density at radius 1 is 0.473 bits per heavy atom. The lowest BCUT2D eigenvalue weighted by molar-refractivity contribution is -0.143. The molecule has 0 radical (unpaired) electrons. The van der Waals surface area contributed by atoms with Crippen LogP contribution < -0.4 is 11.1 Å². The lowest BCUT2D eigenvalue weighted by atomic mass is 10.0. The summed E-state index contributed by atoms with van der Waals surface area (Å²) < 4.78 is 0. The van der Waals surface area contributed by atoms with Gasteiger partial charge in [-0.2, -0.15) is 0 Å². The van der Waals surface area contributed by atoms with Crippen LogP contribution in [-0.4, -0.2) is 64.0 Å². The van der Waals surface area contributed by atoms with E-state index in [4.69, 9.17) is 10.8 Å². The number of nitrogens with two attached hydrogens (primary N) is 1. The number of aliphatic carboxylic acids is 2. The maximum atomic E-state index is 13.3. The molecule has 0 aromatic carbocycles. The molecule has 324 valence electrons. The Morgan fingerprint density at radius 2 is 0.782 bits per heavy atom. The Hall–Kier alpha value is -2.16. The number of hydrogen-bond acceptors (Lipinski definition) is 5. The lowest BCUT2D eigenvalue weighted by Crippen LogP contribution is -2.49. The molecule has 0 bridgehead atoms. The van der Waals surface area contributed by atoms with Crippen molar-refractivity contribution in [2.45, 2.75) is 257 Å². The summed E-state index contributed by atoms with van der Waals surface area (Å²) in [5, 5.41) is 20.6. The Balaban J connectivity index is 4.45. The third kappa shape index (κ3) is 36.0. The molecule has 5 N–H and O–H groups in total. The molecule has 0 saturated carbocycles. The molecular formula is C46H89N3O6. The molecular weight excluding hydrogens is 691 g/mol. The Labute approximate surface area is 338 Å². The first-order valence-electron chi connectivity index (χ1n) is 23.5. The van der Waals surface area contributed by atoms with Gasteiger partial charge in [0.05, 0.1) is 6.04 Å². The topological polar surface area (TPSA) is 150 Å². The highest BCUT2D eigenvalue weighted by molar-refractivity contribution is 5.87. The summed E-state index contributed by atoms with van der Waals surface area (Å²) in [5.74, 6) is -3.12. The number of amides is 2. The van der Waals surface area contributed by atoms with Gasteiger partial charge in [0, 0.05) is 25.9 Å². The smallest absolute Gasteiger partial charge is 0.326 e. The van der Waals surface area contributed by atoms with Crippen molar-refractivity contribution in [1.29, 1.82) is 0 Å². The number of carbonyl (C=O) groups is 4. The minimum absolute atomic E-state index is 0.00849. The number of carbonyl (C=O) groups excluding carboxylic acids is 2. The largest absolute Gasteiger partial charge is 0.481 e. The van der Waals surface area contributed by atoms with Crippen LogP contribution in [0.1, 0.15) is 245 Å². The zero-order valence-corrected chi connectivity index (χ0v) is 36.1. The molecule has 0 saturated heterocycles. The van der Waals surface area contributed by atoms with Gasteiger partial charge in [-0.05, 0) is 25.7 Å². The quantitative estimate of drug-likeness (QED) is 0.0450. The third-order valence-corrected chi connectivity index (χ3v) is 11.2. The summed E-state index contributed by atoms with van der Waals surface area (Å²) in [7, 11) is 0. The molecule has 0 unspecified atom stereocenters. The number of nitrogens with one attached hydrogen (secondary N) is 1. The number of carboxylic acids is 2. The number of rotatable bonds is 43. The number of nitrogens with zero attached hydrogens (tertiary/aromatic N) is 1. The van der Waals surface area contributed by atoms with E-state index in [0.717, 1.165) is 25.7 Å². The molecule has 2 amide bonds. The van der Waals surface area contributed by atoms with Gasteiger partial charge in [0.2, 0.25) is 11.8 Å². The molecule has 0 rings (SSSR count). The maximum absolute atomic E-state index is 13.3. The van der Waals surface area contributed by atoms with E-state index in [-0.39, 0.29) is 31.6 Å². The SMILES string of the molecule is CCCCCCCCCCCCCCCCCCN(CCCCCCCCCCCCCCCCCC)C(=O)CC[C@H](N)C(=O)N[C@@H](CCC(=O)O)C(=O)O. The molecule has 0 aliphatic heterocycles. The average molecular weight is 780 g/mol. The lowest BCUT2D eigenvalue weighted by Gasteiger charge is -2.24. The zero-order valence-electron chi connectivity index (χ0n) is 36.1. The van der Waals surface area contributed by atoms with Gasteiger partial charge < -0.3 is 26.2 Å². The highest BCUT2D eigenvalue weighted by Crippen LogP contribution is 2.16. The molecule has 0 aromatic heterocycles. The first-order valence-corrected chi connectivity index (χ1v) is 23.5. The third-order valence-electron chi connectivity index (χ3n) is 11.2. The second kappa shape index (κ2) is 40.1. The first-order chi connectivity index (χ1) is 26.7. The van der Waals surface area contributed by atoms with Crippen LogP contribution in [0.4, 0.5) is 0 Å². The zero-order chi connectivity index (χ0) is 40.6. The van der Waals surface area contributed by atoms with Crippen LogP contribution in [0, 0.1) is 0 Å². The van der Waals surface area contributed by atoms with E-state index in [1.807, 2.05) is 4.90 Å². The van der Waals surface area contributed by atoms with E-state index >= 15 is 0 Å². The van der Waals surface area contributed by atoms with E-state index in [0.29, 0.717) is 13.1 Å². The molecule has 0 aliphatic carbocycles. The molecule has 9 heteroatoms. The van der Waals surface area contributed by atoms with E-state index < -0.39 is 29.9 Å². The molecule has 0 spiro atoms. The number of carboxylic acid groups (broad SMARTS) is 2. The van der Waals surface area contributed by atoms with E-state index in [9.17, 15) is 24.3 Å². The van der Waals surface area contributed by atoms with Crippen molar-refractivity contribution in [2.24, 2.45) is 5.73 Å². The summed E-state index contributed by atoms with van der Waals surface area (Å²) >= 11 is 0. The van der Waals surface area contributed by atoms with Crippen LogP contribution in [0.3, 0.4) is 0 Å². The summed E-state index contributed by atoms with van der Waals surface area (Å²) in [5.41, 5.74) is 6.06. The van der Waals surface area contributed by atoms with Gasteiger partial charge in [-0.25, -0.2) is 4.79 Å². The molecule has 55 heavy (non-hydrogen) atoms. The van der Waals surface area contributed by atoms with Crippen molar-refractivity contribution in [3.8, 4) is 0 Å². The minimum Gasteiger partial charge on any atom is -0.481 e. The molecule has 9 nitrogen and oxygen atoms in total.